The first-order valence-corrected chi connectivity index (χ1v) is 17.0. The predicted molar refractivity (Wildman–Crippen MR) is 179 cm³/mol. The molecule has 5 atom stereocenters. The molecule has 1 saturated heterocycles. The number of amides is 5. The zero-order valence-electron chi connectivity index (χ0n) is 26.1. The van der Waals surface area contributed by atoms with Crippen LogP contribution < -0.4 is 10.6 Å². The van der Waals surface area contributed by atoms with E-state index in [0.717, 1.165) is 18.4 Å². The highest BCUT2D eigenvalue weighted by Crippen LogP contribution is 2.32. The number of nitrogens with zero attached hydrogens (tertiary/aromatic N) is 2. The van der Waals surface area contributed by atoms with Crippen molar-refractivity contribution in [1.82, 2.24) is 20.4 Å². The van der Waals surface area contributed by atoms with Crippen LogP contribution in [0.3, 0.4) is 0 Å². The van der Waals surface area contributed by atoms with E-state index in [1.165, 1.54) is 4.90 Å². The molecule has 0 aromatic heterocycles. The number of benzene rings is 2. The Hall–Kier alpha value is -4.05. The van der Waals surface area contributed by atoms with Crippen LogP contribution in [-0.2, 0) is 20.8 Å². The van der Waals surface area contributed by atoms with Crippen molar-refractivity contribution in [2.45, 2.75) is 61.9 Å². The van der Waals surface area contributed by atoms with Crippen molar-refractivity contribution < 1.29 is 24.0 Å². The molecule has 5 amide bonds. The van der Waals surface area contributed by atoms with E-state index >= 15 is 0 Å². The lowest BCUT2D eigenvalue weighted by atomic mass is 9.81. The van der Waals surface area contributed by atoms with Gasteiger partial charge in [-0.25, -0.2) is 0 Å². The fraction of sp³-hybridized carbons (Fsp3) is 0.417. The molecule has 9 nitrogen and oxygen atoms in total. The zero-order chi connectivity index (χ0) is 32.6. The molecular formula is C36H41BrN4O5. The average molecular weight is 690 g/mol. The minimum Gasteiger partial charge on any atom is -0.357 e. The fourth-order valence-electron chi connectivity index (χ4n) is 6.68. The SMILES string of the molecule is CNC(=O)[C@H](Cc1ccccc1)N1CCC([C@@H]2C=CC=CC2)C[C@H](NC(=O)C(Br)CCCCN2C(=O)c3ccccc3C2=O)C1=O. The number of rotatable bonds is 12. The van der Waals surface area contributed by atoms with Gasteiger partial charge < -0.3 is 15.5 Å². The Balaban J connectivity index is 1.23. The lowest BCUT2D eigenvalue weighted by Crippen LogP contribution is -2.56. The number of fused-ring (bicyclic) bond motifs is 1. The topological polar surface area (TPSA) is 116 Å². The van der Waals surface area contributed by atoms with Crippen molar-refractivity contribution in [3.8, 4) is 0 Å². The highest BCUT2D eigenvalue weighted by molar-refractivity contribution is 9.10. The van der Waals surface area contributed by atoms with E-state index < -0.39 is 16.9 Å². The van der Waals surface area contributed by atoms with E-state index in [9.17, 15) is 24.0 Å². The first kappa shape index (κ1) is 33.3. The number of likely N-dealkylation sites (tertiary alicyclic amines) is 1. The molecule has 3 aliphatic rings. The Bertz CT molecular complexity index is 1470. The van der Waals surface area contributed by atoms with E-state index in [0.29, 0.717) is 49.8 Å². The van der Waals surface area contributed by atoms with E-state index in [1.54, 1.807) is 36.2 Å². The van der Waals surface area contributed by atoms with Gasteiger partial charge in [-0.05, 0) is 61.6 Å². The van der Waals surface area contributed by atoms with Gasteiger partial charge in [0.1, 0.15) is 12.1 Å². The third kappa shape index (κ3) is 7.66. The van der Waals surface area contributed by atoms with Gasteiger partial charge >= 0.3 is 0 Å². The smallest absolute Gasteiger partial charge is 0.261 e. The number of allylic oxidation sites excluding steroid dienone is 4. The molecule has 2 heterocycles. The monoisotopic (exact) mass is 688 g/mol. The van der Waals surface area contributed by atoms with Gasteiger partial charge in [-0.3, -0.25) is 28.9 Å². The normalized spacial score (nSPS) is 22.3. The molecule has 0 saturated carbocycles. The number of likely N-dealkylation sites (N-methyl/N-ethyl adjacent to an activating group) is 1. The molecule has 2 aliphatic heterocycles. The van der Waals surface area contributed by atoms with Crippen LogP contribution in [0.25, 0.3) is 0 Å². The van der Waals surface area contributed by atoms with E-state index in [-0.39, 0.29) is 47.9 Å². The number of halogens is 1. The number of nitrogens with one attached hydrogen (secondary N) is 2. The van der Waals surface area contributed by atoms with Crippen LogP contribution in [0, 0.1) is 11.8 Å². The summed E-state index contributed by atoms with van der Waals surface area (Å²) in [5.41, 5.74) is 1.80. The second kappa shape index (κ2) is 15.5. The molecule has 1 aliphatic carbocycles. The molecule has 0 bridgehead atoms. The maximum atomic E-state index is 14.2. The summed E-state index contributed by atoms with van der Waals surface area (Å²) in [6.07, 6.45) is 12.4. The van der Waals surface area contributed by atoms with Gasteiger partial charge in [-0.15, -0.1) is 0 Å². The highest BCUT2D eigenvalue weighted by Gasteiger charge is 2.40. The lowest BCUT2D eigenvalue weighted by Gasteiger charge is -2.32. The zero-order valence-corrected chi connectivity index (χ0v) is 27.7. The van der Waals surface area contributed by atoms with Crippen molar-refractivity contribution in [1.29, 1.82) is 0 Å². The van der Waals surface area contributed by atoms with E-state index in [2.05, 4.69) is 38.7 Å². The minimum absolute atomic E-state index is 0.149. The third-order valence-corrected chi connectivity index (χ3v) is 10.1. The number of hydrogen-bond acceptors (Lipinski definition) is 5. The highest BCUT2D eigenvalue weighted by atomic mass is 79.9. The van der Waals surface area contributed by atoms with Gasteiger partial charge in [0, 0.05) is 26.6 Å². The van der Waals surface area contributed by atoms with Crippen LogP contribution >= 0.6 is 15.9 Å². The van der Waals surface area contributed by atoms with E-state index in [1.807, 2.05) is 42.5 Å². The number of unbranched alkanes of at least 4 members (excludes halogenated alkanes) is 1. The number of hydrogen-bond donors (Lipinski definition) is 2. The summed E-state index contributed by atoms with van der Waals surface area (Å²) in [5.74, 6) is -0.963. The molecule has 242 valence electrons. The number of alkyl halides is 1. The van der Waals surface area contributed by atoms with Crippen LogP contribution in [-0.4, -0.2) is 76.4 Å². The molecule has 2 unspecified atom stereocenters. The van der Waals surface area contributed by atoms with Gasteiger partial charge in [0.2, 0.25) is 17.7 Å². The van der Waals surface area contributed by atoms with Crippen molar-refractivity contribution in [3.05, 3.63) is 95.6 Å². The van der Waals surface area contributed by atoms with Crippen molar-refractivity contribution >= 4 is 45.5 Å². The standard InChI is InChI=1S/C36H41BrN4O5/c1-38-33(43)31(22-24-12-4-2-5-13-24)40-21-19-26(25-14-6-3-7-15-25)23-30(36(40)46)39-32(42)29(37)18-10-11-20-41-34(44)27-16-8-9-17-28(27)35(41)45/h2-9,12-14,16-17,25-26,29-31H,10-11,15,18-23H2,1H3,(H,38,43)(H,39,42)/t25-,26?,29?,30+,31+/m1/s1. The van der Waals surface area contributed by atoms with E-state index in [4.69, 9.17) is 0 Å². The van der Waals surface area contributed by atoms with Gasteiger partial charge in [0.25, 0.3) is 11.8 Å². The Kier molecular flexibility index (Phi) is 11.2. The second-order valence-electron chi connectivity index (χ2n) is 12.2. The number of imide groups is 1. The summed E-state index contributed by atoms with van der Waals surface area (Å²) < 4.78 is 0. The number of carbonyl (C=O) groups is 5. The minimum atomic E-state index is -0.777. The molecule has 0 radical (unpaired) electrons. The summed E-state index contributed by atoms with van der Waals surface area (Å²) in [7, 11) is 1.58. The van der Waals surface area contributed by atoms with Gasteiger partial charge in [0.15, 0.2) is 0 Å². The van der Waals surface area contributed by atoms with Crippen LogP contribution in [0.1, 0.15) is 64.8 Å². The Labute approximate surface area is 278 Å². The van der Waals surface area contributed by atoms with Crippen LogP contribution in [0.15, 0.2) is 78.9 Å². The first-order valence-electron chi connectivity index (χ1n) is 16.1. The molecule has 0 spiro atoms. The second-order valence-corrected chi connectivity index (χ2v) is 13.3. The van der Waals surface area contributed by atoms with Crippen molar-refractivity contribution in [2.75, 3.05) is 20.1 Å². The van der Waals surface area contributed by atoms with Crippen molar-refractivity contribution in [3.63, 3.8) is 0 Å². The molecule has 2 N–H and O–H groups in total. The van der Waals surface area contributed by atoms with Crippen LogP contribution in [0.2, 0.25) is 0 Å². The molecule has 2 aromatic carbocycles. The van der Waals surface area contributed by atoms with Gasteiger partial charge in [-0.2, -0.15) is 0 Å². The quantitative estimate of drug-likeness (QED) is 0.195. The average Bonchev–Trinajstić information content (AvgIpc) is 3.21. The van der Waals surface area contributed by atoms with Gasteiger partial charge in [-0.1, -0.05) is 89.1 Å². The lowest BCUT2D eigenvalue weighted by molar-refractivity contribution is -0.142. The van der Waals surface area contributed by atoms with Crippen LogP contribution in [0.5, 0.6) is 0 Å². The molecule has 1 fully saturated rings. The summed E-state index contributed by atoms with van der Waals surface area (Å²) in [4.78, 5) is 68.5. The van der Waals surface area contributed by atoms with Crippen molar-refractivity contribution in [2.24, 2.45) is 11.8 Å². The molecular weight excluding hydrogens is 648 g/mol. The summed E-state index contributed by atoms with van der Waals surface area (Å²) in [6.45, 7) is 0.696. The number of carbonyl (C=O) groups excluding carboxylic acids is 5. The predicted octanol–water partition coefficient (Wildman–Crippen LogP) is 4.43. The van der Waals surface area contributed by atoms with Gasteiger partial charge in [0.05, 0.1) is 16.0 Å². The summed E-state index contributed by atoms with van der Waals surface area (Å²) >= 11 is 3.52. The third-order valence-electron chi connectivity index (χ3n) is 9.25. The summed E-state index contributed by atoms with van der Waals surface area (Å²) in [5, 5.41) is 5.76. The molecule has 2 aromatic rings. The van der Waals surface area contributed by atoms with Crippen LogP contribution in [0.4, 0.5) is 0 Å². The Morgan fingerprint density at radius 3 is 2.28 bits per heavy atom. The first-order chi connectivity index (χ1) is 22.3. The largest absolute Gasteiger partial charge is 0.357 e. The Morgan fingerprint density at radius 2 is 1.63 bits per heavy atom. The Morgan fingerprint density at radius 1 is 0.935 bits per heavy atom. The summed E-state index contributed by atoms with van der Waals surface area (Å²) in [6, 6.07) is 15.0. The molecule has 5 rings (SSSR count). The molecule has 46 heavy (non-hydrogen) atoms. The molecule has 10 heteroatoms. The fourth-order valence-corrected chi connectivity index (χ4v) is 7.14. The maximum Gasteiger partial charge on any atom is 0.261 e. The maximum absolute atomic E-state index is 14.2.